The number of hydrogen-bond acceptors (Lipinski definition) is 2. The number of halogens is 1. The Morgan fingerprint density at radius 1 is 1.69 bits per heavy atom. The first kappa shape index (κ1) is 11.1. The molecule has 1 atom stereocenters. The van der Waals surface area contributed by atoms with Gasteiger partial charge in [-0.1, -0.05) is 0 Å². The summed E-state index contributed by atoms with van der Waals surface area (Å²) in [4.78, 5) is 17.8. The zero-order chi connectivity index (χ0) is 11.5. The SMILES string of the molecule is CCn1ccnc1C(=O)N1CCCC1CF. The third kappa shape index (κ3) is 1.81. The highest BCUT2D eigenvalue weighted by atomic mass is 19.1. The van der Waals surface area contributed by atoms with Gasteiger partial charge in [0.15, 0.2) is 5.82 Å². The van der Waals surface area contributed by atoms with E-state index >= 15 is 0 Å². The Bertz CT molecular complexity index is 377. The van der Waals surface area contributed by atoms with Gasteiger partial charge in [-0.2, -0.15) is 0 Å². The van der Waals surface area contributed by atoms with Crippen LogP contribution in [0.1, 0.15) is 30.4 Å². The van der Waals surface area contributed by atoms with Crippen molar-refractivity contribution in [3.63, 3.8) is 0 Å². The third-order valence-electron chi connectivity index (χ3n) is 3.06. The van der Waals surface area contributed by atoms with E-state index in [0.29, 0.717) is 18.9 Å². The molecular weight excluding hydrogens is 209 g/mol. The fourth-order valence-corrected chi connectivity index (χ4v) is 2.15. The van der Waals surface area contributed by atoms with Gasteiger partial charge in [-0.3, -0.25) is 4.79 Å². The number of alkyl halides is 1. The molecule has 0 bridgehead atoms. The average molecular weight is 225 g/mol. The van der Waals surface area contributed by atoms with Crippen molar-refractivity contribution in [2.75, 3.05) is 13.2 Å². The van der Waals surface area contributed by atoms with Gasteiger partial charge in [0, 0.05) is 25.5 Å². The van der Waals surface area contributed by atoms with Crippen LogP contribution in [-0.2, 0) is 6.54 Å². The average Bonchev–Trinajstić information content (AvgIpc) is 2.96. The molecule has 0 spiro atoms. The summed E-state index contributed by atoms with van der Waals surface area (Å²) in [5.74, 6) is 0.273. The van der Waals surface area contributed by atoms with E-state index in [1.54, 1.807) is 21.9 Å². The van der Waals surface area contributed by atoms with Crippen LogP contribution in [0, 0.1) is 0 Å². The maximum Gasteiger partial charge on any atom is 0.290 e. The molecule has 1 aromatic heterocycles. The highest BCUT2D eigenvalue weighted by Crippen LogP contribution is 2.19. The Morgan fingerprint density at radius 2 is 2.50 bits per heavy atom. The molecule has 2 rings (SSSR count). The zero-order valence-electron chi connectivity index (χ0n) is 9.40. The monoisotopic (exact) mass is 225 g/mol. The van der Waals surface area contributed by atoms with Crippen molar-refractivity contribution in [2.45, 2.75) is 32.4 Å². The molecule has 88 valence electrons. The molecule has 1 fully saturated rings. The predicted octanol–water partition coefficient (Wildman–Crippen LogP) is 1.48. The van der Waals surface area contributed by atoms with E-state index in [9.17, 15) is 9.18 Å². The number of aromatic nitrogens is 2. The van der Waals surface area contributed by atoms with Crippen LogP contribution in [-0.4, -0.2) is 39.6 Å². The van der Waals surface area contributed by atoms with E-state index in [4.69, 9.17) is 0 Å². The number of carbonyl (C=O) groups excluding carboxylic acids is 1. The number of amides is 1. The van der Waals surface area contributed by atoms with Crippen LogP contribution in [0.2, 0.25) is 0 Å². The minimum atomic E-state index is -0.460. The summed E-state index contributed by atoms with van der Waals surface area (Å²) in [6, 6.07) is -0.255. The topological polar surface area (TPSA) is 38.1 Å². The van der Waals surface area contributed by atoms with Gasteiger partial charge in [-0.15, -0.1) is 0 Å². The van der Waals surface area contributed by atoms with Gasteiger partial charge in [0.05, 0.1) is 6.04 Å². The van der Waals surface area contributed by atoms with Gasteiger partial charge in [-0.25, -0.2) is 9.37 Å². The number of aryl methyl sites for hydroxylation is 1. The predicted molar refractivity (Wildman–Crippen MR) is 57.9 cm³/mol. The lowest BCUT2D eigenvalue weighted by Crippen LogP contribution is -2.38. The second-order valence-corrected chi connectivity index (χ2v) is 3.99. The maximum atomic E-state index is 12.7. The minimum Gasteiger partial charge on any atom is -0.330 e. The standard InChI is InChI=1S/C11H16FN3O/c1-2-14-7-5-13-10(14)11(16)15-6-3-4-9(15)8-12/h5,7,9H,2-4,6,8H2,1H3. The van der Waals surface area contributed by atoms with Crippen molar-refractivity contribution in [3.8, 4) is 0 Å². The largest absolute Gasteiger partial charge is 0.330 e. The van der Waals surface area contributed by atoms with Crippen LogP contribution in [0.3, 0.4) is 0 Å². The Labute approximate surface area is 94.1 Å². The molecule has 5 heteroatoms. The van der Waals surface area contributed by atoms with Gasteiger partial charge in [0.25, 0.3) is 5.91 Å². The molecule has 0 N–H and O–H groups in total. The third-order valence-corrected chi connectivity index (χ3v) is 3.06. The van der Waals surface area contributed by atoms with Gasteiger partial charge in [0.1, 0.15) is 6.67 Å². The number of rotatable bonds is 3. The van der Waals surface area contributed by atoms with Crippen molar-refractivity contribution in [2.24, 2.45) is 0 Å². The van der Waals surface area contributed by atoms with E-state index in [1.165, 1.54) is 0 Å². The molecule has 0 saturated carbocycles. The number of imidazole rings is 1. The van der Waals surface area contributed by atoms with Crippen molar-refractivity contribution in [3.05, 3.63) is 18.2 Å². The smallest absolute Gasteiger partial charge is 0.290 e. The summed E-state index contributed by atoms with van der Waals surface area (Å²) < 4.78 is 14.5. The first-order valence-electron chi connectivity index (χ1n) is 5.66. The van der Waals surface area contributed by atoms with Crippen molar-refractivity contribution < 1.29 is 9.18 Å². The van der Waals surface area contributed by atoms with Crippen LogP contribution < -0.4 is 0 Å². The number of nitrogens with zero attached hydrogens (tertiary/aromatic N) is 3. The van der Waals surface area contributed by atoms with Crippen molar-refractivity contribution in [1.29, 1.82) is 0 Å². The Kier molecular flexibility index (Phi) is 3.22. The van der Waals surface area contributed by atoms with E-state index in [-0.39, 0.29) is 11.9 Å². The van der Waals surface area contributed by atoms with E-state index in [2.05, 4.69) is 4.98 Å². The molecule has 4 nitrogen and oxygen atoms in total. The summed E-state index contributed by atoms with van der Waals surface area (Å²) in [6.45, 7) is 2.84. The van der Waals surface area contributed by atoms with Gasteiger partial charge < -0.3 is 9.47 Å². The van der Waals surface area contributed by atoms with Crippen LogP contribution in [0.4, 0.5) is 4.39 Å². The van der Waals surface area contributed by atoms with E-state index in [1.807, 2.05) is 6.92 Å². The highest BCUT2D eigenvalue weighted by molar-refractivity contribution is 5.91. The molecule has 2 heterocycles. The van der Waals surface area contributed by atoms with Gasteiger partial charge in [0.2, 0.25) is 0 Å². The normalized spacial score (nSPS) is 20.4. The number of likely N-dealkylation sites (tertiary alicyclic amines) is 1. The van der Waals surface area contributed by atoms with Crippen LogP contribution in [0.25, 0.3) is 0 Å². The fraction of sp³-hybridized carbons (Fsp3) is 0.636. The summed E-state index contributed by atoms with van der Waals surface area (Å²) in [5, 5.41) is 0. The van der Waals surface area contributed by atoms with Crippen molar-refractivity contribution in [1.82, 2.24) is 14.5 Å². The quantitative estimate of drug-likeness (QED) is 0.781. The lowest BCUT2D eigenvalue weighted by molar-refractivity contribution is 0.0699. The fourth-order valence-electron chi connectivity index (χ4n) is 2.15. The molecule has 1 unspecified atom stereocenters. The molecule has 1 aliphatic rings. The summed E-state index contributed by atoms with van der Waals surface area (Å²) in [5.41, 5.74) is 0. The molecule has 1 saturated heterocycles. The molecule has 0 radical (unpaired) electrons. The number of hydrogen-bond donors (Lipinski definition) is 0. The molecule has 1 aliphatic heterocycles. The van der Waals surface area contributed by atoms with E-state index in [0.717, 1.165) is 12.8 Å². The Morgan fingerprint density at radius 3 is 3.19 bits per heavy atom. The minimum absolute atomic E-state index is 0.146. The van der Waals surface area contributed by atoms with Crippen LogP contribution in [0.15, 0.2) is 12.4 Å². The van der Waals surface area contributed by atoms with E-state index < -0.39 is 6.67 Å². The Hall–Kier alpha value is -1.39. The molecule has 1 aromatic rings. The number of carbonyl (C=O) groups is 1. The second-order valence-electron chi connectivity index (χ2n) is 3.99. The van der Waals surface area contributed by atoms with Crippen molar-refractivity contribution >= 4 is 5.91 Å². The molecule has 16 heavy (non-hydrogen) atoms. The molecule has 0 aromatic carbocycles. The molecule has 1 amide bonds. The summed E-state index contributed by atoms with van der Waals surface area (Å²) in [7, 11) is 0. The van der Waals surface area contributed by atoms with Crippen LogP contribution >= 0.6 is 0 Å². The lowest BCUT2D eigenvalue weighted by atomic mass is 10.2. The van der Waals surface area contributed by atoms with Crippen LogP contribution in [0.5, 0.6) is 0 Å². The Balaban J connectivity index is 2.18. The van der Waals surface area contributed by atoms with Gasteiger partial charge >= 0.3 is 0 Å². The van der Waals surface area contributed by atoms with Gasteiger partial charge in [-0.05, 0) is 19.8 Å². The second kappa shape index (κ2) is 4.63. The zero-order valence-corrected chi connectivity index (χ0v) is 9.40. The lowest BCUT2D eigenvalue weighted by Gasteiger charge is -2.22. The first-order chi connectivity index (χ1) is 7.77. The summed E-state index contributed by atoms with van der Waals surface area (Å²) >= 11 is 0. The highest BCUT2D eigenvalue weighted by Gasteiger charge is 2.31. The maximum absolute atomic E-state index is 12.7. The summed E-state index contributed by atoms with van der Waals surface area (Å²) in [6.07, 6.45) is 5.02. The molecular formula is C11H16FN3O. The molecule has 0 aliphatic carbocycles. The first-order valence-corrected chi connectivity index (χ1v) is 5.66.